The molecule has 4 nitrogen and oxygen atoms in total. The molecule has 5 rings (SSSR count). The molecule has 38 heavy (non-hydrogen) atoms. The third kappa shape index (κ3) is 5.14. The molecule has 3 aromatic rings. The first-order chi connectivity index (χ1) is 18.3. The average Bonchev–Trinajstić information content (AvgIpc) is 3.65. The number of rotatable bonds is 9. The highest BCUT2D eigenvalue weighted by molar-refractivity contribution is 5.92. The maximum Gasteiger partial charge on any atom is 0.231 e. The molecule has 1 aliphatic heterocycles. The number of Topliss-reactive ketones (excluding diaryl/α,β-unsaturated/α-hetero) is 1. The molecule has 0 bridgehead atoms. The van der Waals surface area contributed by atoms with E-state index in [4.69, 9.17) is 0 Å². The molecule has 2 fully saturated rings. The largest absolute Gasteiger partial charge is 0.355 e. The fourth-order valence-corrected chi connectivity index (χ4v) is 6.22. The van der Waals surface area contributed by atoms with Gasteiger partial charge in [0, 0.05) is 13.1 Å². The van der Waals surface area contributed by atoms with Gasteiger partial charge in [0.25, 0.3) is 0 Å². The lowest BCUT2D eigenvalue weighted by Crippen LogP contribution is -2.47. The molecular weight excluding hydrogens is 482 g/mol. The van der Waals surface area contributed by atoms with Gasteiger partial charge in [-0.15, -0.1) is 0 Å². The molecule has 1 N–H and O–H groups in total. The van der Waals surface area contributed by atoms with Crippen LogP contribution in [-0.2, 0) is 26.8 Å². The number of amides is 1. The van der Waals surface area contributed by atoms with E-state index < -0.39 is 10.8 Å². The molecule has 198 valence electrons. The smallest absolute Gasteiger partial charge is 0.231 e. The van der Waals surface area contributed by atoms with Crippen molar-refractivity contribution in [3.8, 4) is 0 Å². The van der Waals surface area contributed by atoms with Crippen LogP contribution >= 0.6 is 0 Å². The number of benzene rings is 3. The van der Waals surface area contributed by atoms with Gasteiger partial charge < -0.3 is 10.2 Å². The number of likely N-dealkylation sites (tertiary alicyclic amines) is 1. The number of halogens is 2. The van der Waals surface area contributed by atoms with Crippen molar-refractivity contribution in [3.63, 3.8) is 0 Å². The van der Waals surface area contributed by atoms with Gasteiger partial charge in [-0.05, 0) is 92.6 Å². The van der Waals surface area contributed by atoms with Crippen LogP contribution in [0.2, 0.25) is 0 Å². The lowest BCUT2D eigenvalue weighted by molar-refractivity contribution is -0.124. The molecular formula is C32H34F2N2O2. The first-order valence-corrected chi connectivity index (χ1v) is 13.4. The molecule has 0 aromatic heterocycles. The minimum absolute atomic E-state index is 0.0457. The van der Waals surface area contributed by atoms with Gasteiger partial charge in [0.05, 0.1) is 10.8 Å². The van der Waals surface area contributed by atoms with E-state index in [2.05, 4.69) is 10.2 Å². The highest BCUT2D eigenvalue weighted by Crippen LogP contribution is 2.55. The van der Waals surface area contributed by atoms with Gasteiger partial charge in [-0.25, -0.2) is 8.78 Å². The Kier molecular flexibility index (Phi) is 7.44. The van der Waals surface area contributed by atoms with Gasteiger partial charge in [0.1, 0.15) is 17.4 Å². The summed E-state index contributed by atoms with van der Waals surface area (Å²) < 4.78 is 26.9. The Balaban J connectivity index is 1.26. The number of piperidine rings is 1. The maximum absolute atomic E-state index is 13.7. The van der Waals surface area contributed by atoms with Crippen molar-refractivity contribution in [1.82, 2.24) is 10.2 Å². The lowest BCUT2D eigenvalue weighted by Gasteiger charge is -2.41. The number of hydrogen-bond acceptors (Lipinski definition) is 3. The molecule has 1 amide bonds. The van der Waals surface area contributed by atoms with Crippen LogP contribution in [0.25, 0.3) is 0 Å². The standard InChI is InChI=1S/C32H34F2N2O2/c1-23(37)31(25-5-3-2-4-6-25)16-19-36(20-17-31)22-27-21-32(27,26-9-13-29(34)14-10-26)30(38)35-18-15-24-7-11-28(33)12-8-24/h2-14,27H,15-22H2,1H3,(H,35,38). The van der Waals surface area contributed by atoms with Crippen LogP contribution in [0.4, 0.5) is 8.78 Å². The zero-order valence-corrected chi connectivity index (χ0v) is 21.8. The summed E-state index contributed by atoms with van der Waals surface area (Å²) in [6.07, 6.45) is 2.82. The molecule has 3 aromatic carbocycles. The first-order valence-electron chi connectivity index (χ1n) is 13.4. The Morgan fingerprint density at radius 2 is 1.47 bits per heavy atom. The summed E-state index contributed by atoms with van der Waals surface area (Å²) in [5, 5.41) is 3.09. The second-order valence-corrected chi connectivity index (χ2v) is 10.8. The van der Waals surface area contributed by atoms with Gasteiger partial charge in [-0.3, -0.25) is 9.59 Å². The highest BCUT2D eigenvalue weighted by Gasteiger charge is 2.61. The van der Waals surface area contributed by atoms with Gasteiger partial charge in [0.15, 0.2) is 0 Å². The van der Waals surface area contributed by atoms with Crippen LogP contribution in [0.3, 0.4) is 0 Å². The second-order valence-electron chi connectivity index (χ2n) is 10.8. The number of ketones is 1. The van der Waals surface area contributed by atoms with Gasteiger partial charge in [-0.2, -0.15) is 0 Å². The molecule has 1 aliphatic carbocycles. The minimum Gasteiger partial charge on any atom is -0.355 e. The topological polar surface area (TPSA) is 49.4 Å². The van der Waals surface area contributed by atoms with E-state index in [0.717, 1.165) is 49.2 Å². The highest BCUT2D eigenvalue weighted by atomic mass is 19.1. The number of carbonyl (C=O) groups excluding carboxylic acids is 2. The fourth-order valence-electron chi connectivity index (χ4n) is 6.22. The van der Waals surface area contributed by atoms with E-state index >= 15 is 0 Å². The molecule has 2 aliphatic rings. The maximum atomic E-state index is 13.7. The van der Waals surface area contributed by atoms with Crippen LogP contribution in [0.1, 0.15) is 42.9 Å². The molecule has 6 heteroatoms. The molecule has 0 spiro atoms. The normalized spacial score (nSPS) is 22.6. The monoisotopic (exact) mass is 516 g/mol. The Hall–Kier alpha value is -3.38. The van der Waals surface area contributed by atoms with Crippen LogP contribution in [-0.4, -0.2) is 42.8 Å². The quantitative estimate of drug-likeness (QED) is 0.425. The van der Waals surface area contributed by atoms with Crippen molar-refractivity contribution in [2.45, 2.75) is 43.4 Å². The number of hydrogen-bond donors (Lipinski definition) is 1. The molecule has 1 saturated carbocycles. The predicted molar refractivity (Wildman–Crippen MR) is 144 cm³/mol. The number of nitrogens with zero attached hydrogens (tertiary/aromatic N) is 1. The third-order valence-electron chi connectivity index (χ3n) is 8.67. The fraction of sp³-hybridized carbons (Fsp3) is 0.375. The Bertz CT molecular complexity index is 1270. The summed E-state index contributed by atoms with van der Waals surface area (Å²) in [6.45, 7) is 4.47. The summed E-state index contributed by atoms with van der Waals surface area (Å²) in [5.41, 5.74) is 1.73. The summed E-state index contributed by atoms with van der Waals surface area (Å²) in [7, 11) is 0. The molecule has 1 saturated heterocycles. The summed E-state index contributed by atoms with van der Waals surface area (Å²) in [5.74, 6) is -0.335. The molecule has 1 heterocycles. The SMILES string of the molecule is CC(=O)C1(c2ccccc2)CCN(CC2CC2(C(=O)NCCc2ccc(F)cc2)c2ccc(F)cc2)CC1. The lowest BCUT2D eigenvalue weighted by atomic mass is 9.70. The van der Waals surface area contributed by atoms with Crippen molar-refractivity contribution >= 4 is 11.7 Å². The molecule has 2 unspecified atom stereocenters. The van der Waals surface area contributed by atoms with E-state index in [1.807, 2.05) is 30.3 Å². The third-order valence-corrected chi connectivity index (χ3v) is 8.67. The summed E-state index contributed by atoms with van der Waals surface area (Å²) in [4.78, 5) is 28.7. The zero-order chi connectivity index (χ0) is 26.8. The van der Waals surface area contributed by atoms with Gasteiger partial charge in [-0.1, -0.05) is 54.6 Å². The van der Waals surface area contributed by atoms with E-state index in [9.17, 15) is 18.4 Å². The van der Waals surface area contributed by atoms with E-state index in [0.29, 0.717) is 19.4 Å². The number of nitrogens with one attached hydrogen (secondary N) is 1. The van der Waals surface area contributed by atoms with Crippen molar-refractivity contribution < 1.29 is 18.4 Å². The Morgan fingerprint density at radius 1 is 0.868 bits per heavy atom. The van der Waals surface area contributed by atoms with E-state index in [1.165, 1.54) is 24.3 Å². The van der Waals surface area contributed by atoms with Crippen LogP contribution in [0, 0.1) is 17.6 Å². The summed E-state index contributed by atoms with van der Waals surface area (Å²) in [6, 6.07) is 22.6. The Labute approximate surface area is 223 Å². The first kappa shape index (κ1) is 26.2. The van der Waals surface area contributed by atoms with E-state index in [1.54, 1.807) is 31.2 Å². The van der Waals surface area contributed by atoms with Crippen molar-refractivity contribution in [3.05, 3.63) is 107 Å². The van der Waals surface area contributed by atoms with Gasteiger partial charge in [0.2, 0.25) is 5.91 Å². The van der Waals surface area contributed by atoms with Crippen LogP contribution in [0.5, 0.6) is 0 Å². The van der Waals surface area contributed by atoms with E-state index in [-0.39, 0.29) is 29.2 Å². The average molecular weight is 517 g/mol. The Morgan fingerprint density at radius 3 is 2.08 bits per heavy atom. The second kappa shape index (κ2) is 10.8. The van der Waals surface area contributed by atoms with Crippen molar-refractivity contribution in [2.75, 3.05) is 26.2 Å². The molecule has 2 atom stereocenters. The zero-order valence-electron chi connectivity index (χ0n) is 21.8. The molecule has 0 radical (unpaired) electrons. The minimum atomic E-state index is -0.689. The number of carbonyl (C=O) groups is 2. The van der Waals surface area contributed by atoms with Crippen molar-refractivity contribution in [2.24, 2.45) is 5.92 Å². The van der Waals surface area contributed by atoms with Crippen LogP contribution in [0.15, 0.2) is 78.9 Å². The van der Waals surface area contributed by atoms with Crippen molar-refractivity contribution in [1.29, 1.82) is 0 Å². The summed E-state index contributed by atoms with van der Waals surface area (Å²) >= 11 is 0. The van der Waals surface area contributed by atoms with Crippen LogP contribution < -0.4 is 5.32 Å². The van der Waals surface area contributed by atoms with Gasteiger partial charge >= 0.3 is 0 Å². The predicted octanol–water partition coefficient (Wildman–Crippen LogP) is 5.20.